The summed E-state index contributed by atoms with van der Waals surface area (Å²) in [5.41, 5.74) is 2.89. The van der Waals surface area contributed by atoms with Crippen molar-refractivity contribution in [3.8, 4) is 0 Å². The summed E-state index contributed by atoms with van der Waals surface area (Å²) in [5.74, 6) is 0. The number of benzene rings is 3. The van der Waals surface area contributed by atoms with E-state index in [2.05, 4.69) is 62.4 Å². The lowest BCUT2D eigenvalue weighted by atomic mass is 9.71. The van der Waals surface area contributed by atoms with Crippen molar-refractivity contribution in [3.63, 3.8) is 0 Å². The van der Waals surface area contributed by atoms with E-state index in [0.717, 1.165) is 12.0 Å². The number of ether oxygens (including phenoxy) is 1. The van der Waals surface area contributed by atoms with Gasteiger partial charge in [-0.15, -0.1) is 0 Å². The highest BCUT2D eigenvalue weighted by atomic mass is 16.6. The predicted molar refractivity (Wildman–Crippen MR) is 116 cm³/mol. The first-order valence-corrected chi connectivity index (χ1v) is 10.1. The first-order valence-electron chi connectivity index (χ1n) is 10.1. The van der Waals surface area contributed by atoms with Crippen LogP contribution in [0.25, 0.3) is 0 Å². The SMILES string of the molecule is CC1(C)CC(c2ccccc2)(c2ccccc2)CN1C(=O)OCc1ccccc1. The van der Waals surface area contributed by atoms with Gasteiger partial charge in [-0.25, -0.2) is 4.79 Å². The van der Waals surface area contributed by atoms with Crippen molar-refractivity contribution in [3.05, 3.63) is 108 Å². The molecule has 0 radical (unpaired) electrons. The van der Waals surface area contributed by atoms with Gasteiger partial charge in [0.2, 0.25) is 0 Å². The summed E-state index contributed by atoms with van der Waals surface area (Å²) in [6.45, 7) is 5.15. The van der Waals surface area contributed by atoms with Crippen molar-refractivity contribution < 1.29 is 9.53 Å². The van der Waals surface area contributed by atoms with Gasteiger partial charge < -0.3 is 9.64 Å². The maximum atomic E-state index is 13.1. The molecule has 3 aromatic carbocycles. The number of hydrogen-bond donors (Lipinski definition) is 0. The van der Waals surface area contributed by atoms with Crippen LogP contribution in [0.4, 0.5) is 4.79 Å². The highest BCUT2D eigenvalue weighted by Gasteiger charge is 2.52. The summed E-state index contributed by atoms with van der Waals surface area (Å²) < 4.78 is 5.70. The molecule has 1 fully saturated rings. The molecular formula is C26H27NO2. The van der Waals surface area contributed by atoms with Crippen LogP contribution in [0.5, 0.6) is 0 Å². The van der Waals surface area contributed by atoms with Crippen molar-refractivity contribution in [2.45, 2.75) is 37.8 Å². The second-order valence-corrected chi connectivity index (χ2v) is 8.43. The zero-order chi connectivity index (χ0) is 20.3. The number of carbonyl (C=O) groups is 1. The Morgan fingerprint density at radius 2 is 1.31 bits per heavy atom. The highest BCUT2D eigenvalue weighted by molar-refractivity contribution is 5.70. The first-order chi connectivity index (χ1) is 14.0. The smallest absolute Gasteiger partial charge is 0.410 e. The molecule has 0 N–H and O–H groups in total. The van der Waals surface area contributed by atoms with E-state index >= 15 is 0 Å². The monoisotopic (exact) mass is 385 g/mol. The van der Waals surface area contributed by atoms with Crippen molar-refractivity contribution in [2.24, 2.45) is 0 Å². The Labute approximate surface area is 172 Å². The topological polar surface area (TPSA) is 29.5 Å². The van der Waals surface area contributed by atoms with E-state index in [1.54, 1.807) is 0 Å². The molecule has 3 aromatic rings. The molecule has 0 aromatic heterocycles. The molecule has 0 spiro atoms. The van der Waals surface area contributed by atoms with Crippen molar-refractivity contribution in [1.82, 2.24) is 4.90 Å². The summed E-state index contributed by atoms with van der Waals surface area (Å²) in [6, 6.07) is 30.9. The normalized spacial score (nSPS) is 17.1. The zero-order valence-corrected chi connectivity index (χ0v) is 17.0. The molecule has 29 heavy (non-hydrogen) atoms. The zero-order valence-electron chi connectivity index (χ0n) is 17.0. The Hall–Kier alpha value is -3.07. The molecule has 148 valence electrons. The fourth-order valence-electron chi connectivity index (χ4n) is 4.55. The van der Waals surface area contributed by atoms with E-state index < -0.39 is 0 Å². The maximum Gasteiger partial charge on any atom is 0.410 e. The van der Waals surface area contributed by atoms with Crippen molar-refractivity contribution in [2.75, 3.05) is 6.54 Å². The van der Waals surface area contributed by atoms with Crippen LogP contribution >= 0.6 is 0 Å². The Kier molecular flexibility index (Phi) is 5.14. The van der Waals surface area contributed by atoms with Crippen LogP contribution in [0.3, 0.4) is 0 Å². The maximum absolute atomic E-state index is 13.1. The van der Waals surface area contributed by atoms with Gasteiger partial charge in [0.15, 0.2) is 0 Å². The Bertz CT molecular complexity index is 912. The van der Waals surface area contributed by atoms with E-state index in [4.69, 9.17) is 4.74 Å². The van der Waals surface area contributed by atoms with Crippen LogP contribution in [0.2, 0.25) is 0 Å². The minimum absolute atomic E-state index is 0.252. The van der Waals surface area contributed by atoms with E-state index in [-0.39, 0.29) is 23.7 Å². The fourth-order valence-corrected chi connectivity index (χ4v) is 4.55. The number of likely N-dealkylation sites (tertiary alicyclic amines) is 1. The van der Waals surface area contributed by atoms with Crippen LogP contribution in [-0.4, -0.2) is 23.1 Å². The summed E-state index contributed by atoms with van der Waals surface area (Å²) in [7, 11) is 0. The summed E-state index contributed by atoms with van der Waals surface area (Å²) in [4.78, 5) is 15.0. The van der Waals surface area contributed by atoms with Gasteiger partial charge in [-0.3, -0.25) is 0 Å². The fraction of sp³-hybridized carbons (Fsp3) is 0.269. The number of nitrogens with zero attached hydrogens (tertiary/aromatic N) is 1. The molecule has 0 aliphatic carbocycles. The molecule has 0 unspecified atom stereocenters. The van der Waals surface area contributed by atoms with Crippen molar-refractivity contribution >= 4 is 6.09 Å². The minimum atomic E-state index is -0.320. The molecule has 1 saturated heterocycles. The second kappa shape index (κ2) is 7.75. The van der Waals surface area contributed by atoms with Gasteiger partial charge in [-0.05, 0) is 37.0 Å². The molecule has 0 atom stereocenters. The van der Waals surface area contributed by atoms with Gasteiger partial charge in [-0.1, -0.05) is 91.0 Å². The Balaban J connectivity index is 1.64. The van der Waals surface area contributed by atoms with Gasteiger partial charge in [0.05, 0.1) is 0 Å². The van der Waals surface area contributed by atoms with Gasteiger partial charge in [0.1, 0.15) is 6.61 Å². The number of amides is 1. The van der Waals surface area contributed by atoms with E-state index in [1.165, 1.54) is 11.1 Å². The van der Waals surface area contributed by atoms with E-state index in [1.807, 2.05) is 47.4 Å². The lowest BCUT2D eigenvalue weighted by molar-refractivity contribution is 0.0748. The third-order valence-corrected chi connectivity index (χ3v) is 5.97. The molecule has 4 rings (SSSR count). The lowest BCUT2D eigenvalue weighted by Gasteiger charge is -2.30. The molecular weight excluding hydrogens is 358 g/mol. The van der Waals surface area contributed by atoms with Gasteiger partial charge >= 0.3 is 6.09 Å². The summed E-state index contributed by atoms with van der Waals surface area (Å²) in [5, 5.41) is 0. The Morgan fingerprint density at radius 1 is 0.828 bits per heavy atom. The second-order valence-electron chi connectivity index (χ2n) is 8.43. The number of hydrogen-bond acceptors (Lipinski definition) is 2. The van der Waals surface area contributed by atoms with E-state index in [0.29, 0.717) is 6.54 Å². The number of carbonyl (C=O) groups excluding carboxylic acids is 1. The summed E-state index contributed by atoms with van der Waals surface area (Å²) >= 11 is 0. The molecule has 3 nitrogen and oxygen atoms in total. The lowest BCUT2D eigenvalue weighted by Crippen LogP contribution is -2.43. The molecule has 1 amide bonds. The largest absolute Gasteiger partial charge is 0.445 e. The molecule has 0 bridgehead atoms. The summed E-state index contributed by atoms with van der Waals surface area (Å²) in [6.07, 6.45) is 0.585. The van der Waals surface area contributed by atoms with Crippen LogP contribution in [0.15, 0.2) is 91.0 Å². The van der Waals surface area contributed by atoms with Gasteiger partial charge in [0, 0.05) is 17.5 Å². The van der Waals surface area contributed by atoms with Crippen LogP contribution in [0.1, 0.15) is 37.0 Å². The van der Waals surface area contributed by atoms with Crippen molar-refractivity contribution in [1.29, 1.82) is 0 Å². The standard InChI is InChI=1S/C26H27NO2/c1-25(2)19-26(22-14-8-4-9-15-22,23-16-10-5-11-17-23)20-27(25)24(28)29-18-21-12-6-3-7-13-21/h3-17H,18-20H2,1-2H3. The molecule has 1 aliphatic rings. The predicted octanol–water partition coefficient (Wildman–Crippen LogP) is 5.79. The van der Waals surface area contributed by atoms with Gasteiger partial charge in [-0.2, -0.15) is 0 Å². The van der Waals surface area contributed by atoms with Crippen LogP contribution in [-0.2, 0) is 16.8 Å². The first kappa shape index (κ1) is 19.3. The third-order valence-electron chi connectivity index (χ3n) is 5.97. The van der Waals surface area contributed by atoms with Crippen LogP contribution in [0, 0.1) is 0 Å². The van der Waals surface area contributed by atoms with E-state index in [9.17, 15) is 4.79 Å². The third kappa shape index (κ3) is 3.77. The number of rotatable bonds is 4. The Morgan fingerprint density at radius 3 is 1.83 bits per heavy atom. The molecule has 1 heterocycles. The molecule has 0 saturated carbocycles. The average molecular weight is 386 g/mol. The van der Waals surface area contributed by atoms with Gasteiger partial charge in [0.25, 0.3) is 0 Å². The van der Waals surface area contributed by atoms with Crippen LogP contribution < -0.4 is 0 Å². The quantitative estimate of drug-likeness (QED) is 0.568. The molecule has 3 heteroatoms. The minimum Gasteiger partial charge on any atom is -0.445 e. The molecule has 1 aliphatic heterocycles. The highest BCUT2D eigenvalue weighted by Crippen LogP contribution is 2.48. The average Bonchev–Trinajstić information content (AvgIpc) is 3.06.